The van der Waals surface area contributed by atoms with Crippen molar-refractivity contribution in [2.24, 2.45) is 0 Å². The molecule has 3 heteroatoms. The number of thiophene rings is 1. The number of hydrogen-bond donors (Lipinski definition) is 0. The normalized spacial score (nSPS) is 13.1. The molecular weight excluding hydrogens is 541 g/mol. The van der Waals surface area contributed by atoms with Gasteiger partial charge in [-0.15, -0.1) is 11.3 Å². The molecule has 7 aromatic carbocycles. The van der Waals surface area contributed by atoms with Crippen molar-refractivity contribution in [1.29, 1.82) is 0 Å². The minimum Gasteiger partial charge on any atom is -0.309 e. The Kier molecular flexibility index (Phi) is 3.99. The van der Waals surface area contributed by atoms with Crippen molar-refractivity contribution in [1.82, 2.24) is 4.40 Å². The van der Waals surface area contributed by atoms with Gasteiger partial charge in [-0.05, 0) is 53.4 Å². The van der Waals surface area contributed by atoms with Crippen LogP contribution in [-0.4, -0.2) is 4.40 Å². The van der Waals surface area contributed by atoms with Crippen LogP contribution in [0.2, 0.25) is 0 Å². The van der Waals surface area contributed by atoms with E-state index in [-0.39, 0.29) is 0 Å². The molecule has 3 aromatic heterocycles. The molecule has 4 heterocycles. The van der Waals surface area contributed by atoms with Crippen LogP contribution in [0.15, 0.2) is 133 Å². The molecule has 0 spiro atoms. The van der Waals surface area contributed by atoms with Gasteiger partial charge in [0.25, 0.3) is 0 Å². The predicted octanol–water partition coefficient (Wildman–Crippen LogP) is 11.8. The second-order valence-corrected chi connectivity index (χ2v) is 12.8. The molecule has 0 saturated carbocycles. The van der Waals surface area contributed by atoms with E-state index in [1.54, 1.807) is 0 Å². The number of anilines is 3. The maximum absolute atomic E-state index is 2.50. The zero-order valence-electron chi connectivity index (χ0n) is 23.0. The second kappa shape index (κ2) is 7.71. The standard InChI is InChI=1S/C40H22N2S/c1-4-16-32-24(9-1)26-12-7-15-30-38(26)35(22-37-39(30)29-11-3-6-18-36(29)43-37)41(32)23-19-20-34-31(21-23)28-14-8-13-27-25-10-2-5-17-33(25)42(34)40(27)28/h1-22H. The third-order valence-electron chi connectivity index (χ3n) is 9.62. The number of para-hydroxylation sites is 3. The maximum Gasteiger partial charge on any atom is 0.0620 e. The first kappa shape index (κ1) is 22.2. The average molecular weight is 563 g/mol. The van der Waals surface area contributed by atoms with Crippen molar-refractivity contribution in [3.63, 3.8) is 0 Å². The molecule has 0 radical (unpaired) electrons. The number of aromatic nitrogens is 1. The van der Waals surface area contributed by atoms with Crippen molar-refractivity contribution >= 4 is 97.4 Å². The summed E-state index contributed by atoms with van der Waals surface area (Å²) in [5, 5.41) is 10.6. The SMILES string of the molecule is c1ccc2c(c1)-c1cccc3c1c(cc1sc4ccccc4c13)N2c1ccc2c(c1)c1cccc3c4ccccc4n2c31. The lowest BCUT2D eigenvalue weighted by Gasteiger charge is -2.33. The third kappa shape index (κ3) is 2.65. The molecule has 0 amide bonds. The van der Waals surface area contributed by atoms with Gasteiger partial charge in [-0.1, -0.05) is 91.0 Å². The van der Waals surface area contributed by atoms with E-state index >= 15 is 0 Å². The smallest absolute Gasteiger partial charge is 0.0620 e. The number of hydrogen-bond acceptors (Lipinski definition) is 2. The molecule has 0 bridgehead atoms. The number of fused-ring (bicyclic) bond motifs is 12. The van der Waals surface area contributed by atoms with E-state index in [1.165, 1.54) is 97.2 Å². The molecule has 0 atom stereocenters. The molecule has 0 aliphatic carbocycles. The molecule has 2 nitrogen and oxygen atoms in total. The molecule has 43 heavy (non-hydrogen) atoms. The second-order valence-electron chi connectivity index (χ2n) is 11.7. The zero-order valence-corrected chi connectivity index (χ0v) is 23.8. The molecule has 1 aliphatic heterocycles. The van der Waals surface area contributed by atoms with E-state index in [0.717, 1.165) is 0 Å². The van der Waals surface area contributed by atoms with Crippen LogP contribution in [0.25, 0.3) is 80.2 Å². The Labute approximate surface area is 250 Å². The zero-order chi connectivity index (χ0) is 27.8. The summed E-state index contributed by atoms with van der Waals surface area (Å²) in [4.78, 5) is 2.50. The summed E-state index contributed by atoms with van der Waals surface area (Å²) in [6.07, 6.45) is 0. The van der Waals surface area contributed by atoms with Gasteiger partial charge in [-0.3, -0.25) is 0 Å². The average Bonchev–Trinajstić information content (AvgIpc) is 3.72. The first-order valence-corrected chi connectivity index (χ1v) is 15.6. The van der Waals surface area contributed by atoms with Crippen LogP contribution in [0.4, 0.5) is 17.1 Å². The van der Waals surface area contributed by atoms with E-state index in [2.05, 4.69) is 143 Å². The molecular formula is C40H22N2S. The van der Waals surface area contributed by atoms with E-state index < -0.39 is 0 Å². The lowest BCUT2D eigenvalue weighted by Crippen LogP contribution is -2.15. The summed E-state index contributed by atoms with van der Waals surface area (Å²) >= 11 is 1.89. The fraction of sp³-hybridized carbons (Fsp3) is 0. The summed E-state index contributed by atoms with van der Waals surface area (Å²) in [6, 6.07) is 49.6. The summed E-state index contributed by atoms with van der Waals surface area (Å²) in [5.41, 5.74) is 10.1. The van der Waals surface area contributed by atoms with Crippen LogP contribution in [0, 0.1) is 0 Å². The Morgan fingerprint density at radius 3 is 2.07 bits per heavy atom. The number of nitrogens with zero attached hydrogens (tertiary/aromatic N) is 2. The van der Waals surface area contributed by atoms with Crippen molar-refractivity contribution in [2.45, 2.75) is 0 Å². The fourth-order valence-corrected chi connectivity index (χ4v) is 9.10. The summed E-state index contributed by atoms with van der Waals surface area (Å²) < 4.78 is 5.13. The quantitative estimate of drug-likeness (QED) is 0.193. The monoisotopic (exact) mass is 562 g/mol. The van der Waals surface area contributed by atoms with Crippen molar-refractivity contribution in [2.75, 3.05) is 4.90 Å². The van der Waals surface area contributed by atoms with E-state index in [4.69, 9.17) is 0 Å². The Morgan fingerprint density at radius 1 is 0.419 bits per heavy atom. The van der Waals surface area contributed by atoms with E-state index in [0.29, 0.717) is 0 Å². The van der Waals surface area contributed by atoms with Crippen LogP contribution >= 0.6 is 11.3 Å². The van der Waals surface area contributed by atoms with E-state index in [9.17, 15) is 0 Å². The molecule has 0 N–H and O–H groups in total. The highest BCUT2D eigenvalue weighted by Crippen LogP contribution is 2.54. The Morgan fingerprint density at radius 2 is 1.12 bits per heavy atom. The molecule has 0 unspecified atom stereocenters. The fourth-order valence-electron chi connectivity index (χ4n) is 7.94. The predicted molar refractivity (Wildman–Crippen MR) is 185 cm³/mol. The largest absolute Gasteiger partial charge is 0.309 e. The first-order valence-electron chi connectivity index (χ1n) is 14.8. The highest BCUT2D eigenvalue weighted by atomic mass is 32.1. The molecule has 0 fully saturated rings. The molecule has 10 aromatic rings. The van der Waals surface area contributed by atoms with Gasteiger partial charge in [-0.2, -0.15) is 0 Å². The Balaban J connectivity index is 1.27. The van der Waals surface area contributed by atoms with Crippen LogP contribution < -0.4 is 4.90 Å². The van der Waals surface area contributed by atoms with Crippen LogP contribution in [0.3, 0.4) is 0 Å². The Hall–Kier alpha value is -5.38. The van der Waals surface area contributed by atoms with E-state index in [1.807, 2.05) is 11.3 Å². The van der Waals surface area contributed by atoms with Gasteiger partial charge in [0.15, 0.2) is 0 Å². The van der Waals surface area contributed by atoms with Gasteiger partial charge in [0.2, 0.25) is 0 Å². The molecule has 198 valence electrons. The summed E-state index contributed by atoms with van der Waals surface area (Å²) in [7, 11) is 0. The summed E-state index contributed by atoms with van der Waals surface area (Å²) in [5.74, 6) is 0. The highest BCUT2D eigenvalue weighted by molar-refractivity contribution is 7.26. The minimum atomic E-state index is 1.19. The molecule has 1 aliphatic rings. The maximum atomic E-state index is 2.50. The Bertz CT molecular complexity index is 2800. The number of benzene rings is 7. The topological polar surface area (TPSA) is 7.65 Å². The molecule has 0 saturated heterocycles. The first-order chi connectivity index (χ1) is 21.3. The van der Waals surface area contributed by atoms with Gasteiger partial charge in [0, 0.05) is 58.4 Å². The lowest BCUT2D eigenvalue weighted by molar-refractivity contribution is 1.29. The van der Waals surface area contributed by atoms with Gasteiger partial charge in [-0.25, -0.2) is 0 Å². The van der Waals surface area contributed by atoms with Gasteiger partial charge in [0.1, 0.15) is 0 Å². The lowest BCUT2D eigenvalue weighted by atomic mass is 9.89. The van der Waals surface area contributed by atoms with Crippen LogP contribution in [0.5, 0.6) is 0 Å². The van der Waals surface area contributed by atoms with Gasteiger partial charge in [0.05, 0.1) is 27.9 Å². The van der Waals surface area contributed by atoms with Crippen molar-refractivity contribution in [3.8, 4) is 11.1 Å². The molecule has 11 rings (SSSR count). The van der Waals surface area contributed by atoms with Crippen molar-refractivity contribution in [3.05, 3.63) is 133 Å². The van der Waals surface area contributed by atoms with Crippen LogP contribution in [0.1, 0.15) is 0 Å². The van der Waals surface area contributed by atoms with Crippen LogP contribution in [-0.2, 0) is 0 Å². The van der Waals surface area contributed by atoms with Gasteiger partial charge < -0.3 is 9.30 Å². The highest BCUT2D eigenvalue weighted by Gasteiger charge is 2.28. The third-order valence-corrected chi connectivity index (χ3v) is 10.7. The summed E-state index contributed by atoms with van der Waals surface area (Å²) in [6.45, 7) is 0. The minimum absolute atomic E-state index is 1.19. The number of rotatable bonds is 1. The van der Waals surface area contributed by atoms with Crippen molar-refractivity contribution < 1.29 is 0 Å². The van der Waals surface area contributed by atoms with Gasteiger partial charge >= 0.3 is 0 Å².